The van der Waals surface area contributed by atoms with Crippen molar-refractivity contribution < 1.29 is 4.74 Å². The number of aromatic nitrogens is 2. The number of piperazine rings is 1. The third-order valence-corrected chi connectivity index (χ3v) is 4.71. The van der Waals surface area contributed by atoms with Crippen molar-refractivity contribution in [1.82, 2.24) is 14.9 Å². The van der Waals surface area contributed by atoms with E-state index >= 15 is 0 Å². The van der Waals surface area contributed by atoms with Crippen molar-refractivity contribution in [2.24, 2.45) is 0 Å². The van der Waals surface area contributed by atoms with Crippen molar-refractivity contribution in [3.05, 3.63) is 17.8 Å². The van der Waals surface area contributed by atoms with E-state index in [9.17, 15) is 0 Å². The fraction of sp³-hybridized carbons (Fsp3) is 0.571. The van der Waals surface area contributed by atoms with E-state index in [-0.39, 0.29) is 0 Å². The first-order valence-electron chi connectivity index (χ1n) is 6.95. The molecular formula is C14H20N4OS. The van der Waals surface area contributed by atoms with Crippen LogP contribution in [0.15, 0.2) is 17.8 Å². The van der Waals surface area contributed by atoms with Crippen molar-refractivity contribution in [2.75, 3.05) is 44.8 Å². The Morgan fingerprint density at radius 3 is 3.10 bits per heavy atom. The molecule has 6 heteroatoms. The van der Waals surface area contributed by atoms with Gasteiger partial charge in [0, 0.05) is 39.3 Å². The van der Waals surface area contributed by atoms with Crippen LogP contribution in [0.1, 0.15) is 6.92 Å². The van der Waals surface area contributed by atoms with Crippen LogP contribution in [-0.4, -0.2) is 60.8 Å². The molecule has 108 valence electrons. The maximum atomic E-state index is 5.18. The second-order valence-corrected chi connectivity index (χ2v) is 6.06. The Balaban J connectivity index is 1.75. The number of hydrogen-bond donors (Lipinski definition) is 0. The largest absolute Gasteiger partial charge is 0.383 e. The summed E-state index contributed by atoms with van der Waals surface area (Å²) in [6, 6.07) is 2.64. The van der Waals surface area contributed by atoms with Gasteiger partial charge in [0.2, 0.25) is 0 Å². The number of ether oxygens (including phenoxy) is 1. The zero-order chi connectivity index (χ0) is 13.9. The van der Waals surface area contributed by atoms with Gasteiger partial charge in [0.05, 0.1) is 12.0 Å². The highest BCUT2D eigenvalue weighted by Gasteiger charge is 2.25. The number of fused-ring (bicyclic) bond motifs is 1. The number of nitrogens with zero attached hydrogens (tertiary/aromatic N) is 4. The predicted molar refractivity (Wildman–Crippen MR) is 82.5 cm³/mol. The van der Waals surface area contributed by atoms with E-state index in [1.54, 1.807) is 24.8 Å². The molecule has 3 rings (SSSR count). The summed E-state index contributed by atoms with van der Waals surface area (Å²) in [5, 5.41) is 3.26. The minimum absolute atomic E-state index is 0.516. The highest BCUT2D eigenvalue weighted by Crippen LogP contribution is 2.28. The van der Waals surface area contributed by atoms with Crippen LogP contribution in [0.4, 0.5) is 5.82 Å². The van der Waals surface area contributed by atoms with Gasteiger partial charge in [-0.25, -0.2) is 9.97 Å². The molecule has 1 fully saturated rings. The summed E-state index contributed by atoms with van der Waals surface area (Å²) < 4.78 is 5.18. The Labute approximate surface area is 123 Å². The predicted octanol–water partition coefficient (Wildman–Crippen LogP) is 1.85. The molecule has 1 atom stereocenters. The van der Waals surface area contributed by atoms with Gasteiger partial charge >= 0.3 is 0 Å². The summed E-state index contributed by atoms with van der Waals surface area (Å²) in [4.78, 5) is 14.8. The molecule has 0 aliphatic carbocycles. The Morgan fingerprint density at radius 1 is 1.40 bits per heavy atom. The summed E-state index contributed by atoms with van der Waals surface area (Å²) in [7, 11) is 1.76. The maximum Gasteiger partial charge on any atom is 0.140 e. The first-order valence-corrected chi connectivity index (χ1v) is 7.83. The molecule has 2 aromatic heterocycles. The molecule has 2 aromatic rings. The monoisotopic (exact) mass is 292 g/mol. The van der Waals surface area contributed by atoms with Gasteiger partial charge in [-0.15, -0.1) is 11.3 Å². The number of methoxy groups -OCH3 is 1. The van der Waals surface area contributed by atoms with E-state index in [1.165, 1.54) is 5.39 Å². The van der Waals surface area contributed by atoms with E-state index < -0.39 is 0 Å². The van der Waals surface area contributed by atoms with E-state index in [0.717, 1.165) is 43.4 Å². The van der Waals surface area contributed by atoms with Crippen molar-refractivity contribution in [3.63, 3.8) is 0 Å². The molecule has 1 saturated heterocycles. The molecule has 0 unspecified atom stereocenters. The fourth-order valence-electron chi connectivity index (χ4n) is 2.76. The zero-order valence-corrected chi connectivity index (χ0v) is 12.8. The molecule has 0 spiro atoms. The van der Waals surface area contributed by atoms with Crippen LogP contribution in [0, 0.1) is 0 Å². The molecule has 1 aliphatic rings. The Hall–Kier alpha value is -1.24. The van der Waals surface area contributed by atoms with Crippen molar-refractivity contribution in [3.8, 4) is 0 Å². The summed E-state index contributed by atoms with van der Waals surface area (Å²) in [6.07, 6.45) is 1.68. The first kappa shape index (κ1) is 13.7. The minimum atomic E-state index is 0.516. The number of anilines is 1. The Bertz CT molecular complexity index is 573. The lowest BCUT2D eigenvalue weighted by molar-refractivity contribution is 0.117. The molecule has 0 N–H and O–H groups in total. The Morgan fingerprint density at radius 2 is 2.30 bits per heavy atom. The third-order valence-electron chi connectivity index (χ3n) is 3.89. The second-order valence-electron chi connectivity index (χ2n) is 5.16. The van der Waals surface area contributed by atoms with Gasteiger partial charge < -0.3 is 9.64 Å². The molecule has 0 amide bonds. The summed E-state index contributed by atoms with van der Waals surface area (Å²) in [5.74, 6) is 1.08. The lowest BCUT2D eigenvalue weighted by Crippen LogP contribution is -2.53. The zero-order valence-electron chi connectivity index (χ0n) is 12.0. The highest BCUT2D eigenvalue weighted by atomic mass is 32.1. The maximum absolute atomic E-state index is 5.18. The van der Waals surface area contributed by atoms with Gasteiger partial charge in [0.15, 0.2) is 0 Å². The summed E-state index contributed by atoms with van der Waals surface area (Å²) in [5.41, 5.74) is 0. The molecule has 0 aromatic carbocycles. The molecule has 0 saturated carbocycles. The highest BCUT2D eigenvalue weighted by molar-refractivity contribution is 7.16. The van der Waals surface area contributed by atoms with Crippen molar-refractivity contribution in [2.45, 2.75) is 13.0 Å². The Kier molecular flexibility index (Phi) is 4.14. The first-order chi connectivity index (χ1) is 9.79. The van der Waals surface area contributed by atoms with Crippen LogP contribution in [0.5, 0.6) is 0 Å². The van der Waals surface area contributed by atoms with Gasteiger partial charge in [-0.2, -0.15) is 0 Å². The molecule has 3 heterocycles. The molecular weight excluding hydrogens is 272 g/mol. The third kappa shape index (κ3) is 2.63. The standard InChI is InChI=1S/C14H20N4OS/c1-11-9-18(5-4-17(11)6-7-19-2)13-12-3-8-20-14(12)16-10-15-13/h3,8,10-11H,4-7,9H2,1-2H3/t11-/m1/s1. The number of thiophene rings is 1. The van der Waals surface area contributed by atoms with Gasteiger partial charge in [0.1, 0.15) is 17.0 Å². The molecule has 0 radical (unpaired) electrons. The second kappa shape index (κ2) is 6.03. The lowest BCUT2D eigenvalue weighted by atomic mass is 10.2. The van der Waals surface area contributed by atoms with E-state index in [1.807, 2.05) is 0 Å². The van der Waals surface area contributed by atoms with E-state index in [0.29, 0.717) is 6.04 Å². The van der Waals surface area contributed by atoms with E-state index in [2.05, 4.69) is 38.1 Å². The lowest BCUT2D eigenvalue weighted by Gasteiger charge is -2.40. The van der Waals surface area contributed by atoms with Crippen LogP contribution in [0.2, 0.25) is 0 Å². The fourth-order valence-corrected chi connectivity index (χ4v) is 3.48. The molecule has 0 bridgehead atoms. The quantitative estimate of drug-likeness (QED) is 0.860. The van der Waals surface area contributed by atoms with Gasteiger partial charge in [-0.05, 0) is 18.4 Å². The van der Waals surface area contributed by atoms with Crippen LogP contribution in [-0.2, 0) is 4.74 Å². The SMILES string of the molecule is COCCN1CCN(c2ncnc3sccc23)C[C@H]1C. The average Bonchev–Trinajstić information content (AvgIpc) is 2.94. The number of rotatable bonds is 4. The summed E-state index contributed by atoms with van der Waals surface area (Å²) >= 11 is 1.67. The topological polar surface area (TPSA) is 41.5 Å². The molecule has 5 nitrogen and oxygen atoms in total. The van der Waals surface area contributed by atoms with Gasteiger partial charge in [-0.1, -0.05) is 0 Å². The van der Waals surface area contributed by atoms with Crippen LogP contribution in [0.3, 0.4) is 0 Å². The smallest absolute Gasteiger partial charge is 0.140 e. The van der Waals surface area contributed by atoms with Gasteiger partial charge in [-0.3, -0.25) is 4.90 Å². The van der Waals surface area contributed by atoms with Crippen molar-refractivity contribution >= 4 is 27.4 Å². The van der Waals surface area contributed by atoms with Gasteiger partial charge in [0.25, 0.3) is 0 Å². The van der Waals surface area contributed by atoms with Crippen LogP contribution in [0.25, 0.3) is 10.2 Å². The van der Waals surface area contributed by atoms with E-state index in [4.69, 9.17) is 4.74 Å². The molecule has 20 heavy (non-hydrogen) atoms. The van der Waals surface area contributed by atoms with Crippen molar-refractivity contribution in [1.29, 1.82) is 0 Å². The summed E-state index contributed by atoms with van der Waals surface area (Å²) in [6.45, 7) is 7.14. The average molecular weight is 292 g/mol. The molecule has 1 aliphatic heterocycles. The van der Waals surface area contributed by atoms with Crippen LogP contribution >= 0.6 is 11.3 Å². The number of hydrogen-bond acceptors (Lipinski definition) is 6. The minimum Gasteiger partial charge on any atom is -0.383 e. The van der Waals surface area contributed by atoms with Crippen LogP contribution < -0.4 is 4.90 Å². The normalized spacial score (nSPS) is 20.7.